The number of hydrogen-bond donors (Lipinski definition) is 2. The number of anilines is 2. The number of halogens is 1. The first kappa shape index (κ1) is 31.8. The SMILES string of the molecule is CCCCCCCCCCCCCCOc1cccc(NC(=O)Nc2cccc(C[n+]3ccsc3)c2)c1.[Br-]. The lowest BCUT2D eigenvalue weighted by molar-refractivity contribution is -0.683. The predicted molar refractivity (Wildman–Crippen MR) is 156 cm³/mol. The molecule has 3 rings (SSSR count). The Balaban J connectivity index is 0.00000507. The van der Waals surface area contributed by atoms with Crippen LogP contribution >= 0.6 is 11.3 Å². The van der Waals surface area contributed by atoms with Gasteiger partial charge in [-0.25, -0.2) is 4.79 Å². The second-order valence-electron chi connectivity index (χ2n) is 9.74. The predicted octanol–water partition coefficient (Wildman–Crippen LogP) is 5.81. The third-order valence-corrected chi connectivity index (χ3v) is 7.11. The van der Waals surface area contributed by atoms with Crippen molar-refractivity contribution >= 4 is 28.7 Å². The average molecular weight is 603 g/mol. The minimum atomic E-state index is -0.265. The first-order valence-corrected chi connectivity index (χ1v) is 15.0. The van der Waals surface area contributed by atoms with Crippen molar-refractivity contribution in [3.05, 3.63) is 71.2 Å². The molecule has 1 heterocycles. The molecule has 0 atom stereocenters. The monoisotopic (exact) mass is 601 g/mol. The fourth-order valence-electron chi connectivity index (χ4n) is 4.40. The van der Waals surface area contributed by atoms with Gasteiger partial charge >= 0.3 is 6.03 Å². The number of benzene rings is 2. The zero-order valence-electron chi connectivity index (χ0n) is 22.8. The van der Waals surface area contributed by atoms with Gasteiger partial charge in [0.25, 0.3) is 0 Å². The lowest BCUT2D eigenvalue weighted by Gasteiger charge is -2.11. The Kier molecular flexibility index (Phi) is 16.5. The van der Waals surface area contributed by atoms with E-state index >= 15 is 0 Å². The first-order valence-electron chi connectivity index (χ1n) is 14.0. The van der Waals surface area contributed by atoms with Crippen LogP contribution in [0.3, 0.4) is 0 Å². The Bertz CT molecular complexity index is 1030. The summed E-state index contributed by atoms with van der Waals surface area (Å²) in [6, 6.07) is 15.3. The summed E-state index contributed by atoms with van der Waals surface area (Å²) in [6.07, 6.45) is 18.0. The van der Waals surface area contributed by atoms with Crippen LogP contribution < -0.4 is 36.9 Å². The number of rotatable bonds is 18. The molecule has 0 saturated heterocycles. The number of amides is 2. The standard InChI is InChI=1S/C31H43N3O2S.BrH/c1-2-3-4-5-6-7-8-9-10-11-12-13-21-36-30-19-15-18-29(24-30)33-31(35)32-28-17-14-16-27(23-28)25-34-20-22-37-26-34;/h14-20,22-24,26H,2-13,21,25H2,1H3,(H-,32,33,35);1H. The van der Waals surface area contributed by atoms with Crippen LogP contribution in [0.4, 0.5) is 16.2 Å². The zero-order chi connectivity index (χ0) is 26.0. The van der Waals surface area contributed by atoms with Gasteiger partial charge in [0.15, 0.2) is 12.7 Å². The number of urea groups is 1. The summed E-state index contributed by atoms with van der Waals surface area (Å²) in [5, 5.41) is 7.89. The fraction of sp³-hybridized carbons (Fsp3) is 0.484. The Morgan fingerprint density at radius 2 is 1.42 bits per heavy atom. The molecule has 3 aromatic rings. The second-order valence-corrected chi connectivity index (χ2v) is 10.5. The molecule has 2 N–H and O–H groups in total. The average Bonchev–Trinajstić information content (AvgIpc) is 3.40. The van der Waals surface area contributed by atoms with Crippen LogP contribution in [0.1, 0.15) is 89.5 Å². The van der Waals surface area contributed by atoms with Gasteiger partial charge in [0.1, 0.15) is 5.75 Å². The van der Waals surface area contributed by atoms with Crippen LogP contribution in [-0.4, -0.2) is 12.6 Å². The van der Waals surface area contributed by atoms with Crippen LogP contribution in [0.15, 0.2) is 65.6 Å². The lowest BCUT2D eigenvalue weighted by atomic mass is 10.1. The molecular formula is C31H44BrN3O2S. The van der Waals surface area contributed by atoms with E-state index in [2.05, 4.69) is 33.7 Å². The molecule has 2 aromatic carbocycles. The third kappa shape index (κ3) is 13.4. The summed E-state index contributed by atoms with van der Waals surface area (Å²) in [7, 11) is 0. The van der Waals surface area contributed by atoms with Crippen LogP contribution in [0.2, 0.25) is 0 Å². The maximum absolute atomic E-state index is 12.5. The van der Waals surface area contributed by atoms with Crippen molar-refractivity contribution in [2.45, 2.75) is 90.5 Å². The number of nitrogens with one attached hydrogen (secondary N) is 2. The molecule has 2 amide bonds. The Morgan fingerprint density at radius 3 is 2.05 bits per heavy atom. The summed E-state index contributed by atoms with van der Waals surface area (Å²) >= 11 is 1.66. The summed E-state index contributed by atoms with van der Waals surface area (Å²) in [4.78, 5) is 12.5. The maximum atomic E-state index is 12.5. The molecule has 0 aliphatic rings. The Labute approximate surface area is 243 Å². The summed E-state index contributed by atoms with van der Waals surface area (Å²) in [5.41, 5.74) is 4.69. The van der Waals surface area contributed by atoms with Gasteiger partial charge in [-0.2, -0.15) is 4.57 Å². The van der Waals surface area contributed by atoms with Gasteiger partial charge in [-0.3, -0.25) is 0 Å². The van der Waals surface area contributed by atoms with Gasteiger partial charge < -0.3 is 32.4 Å². The number of carbonyl (C=O) groups excluding carboxylic acids is 1. The largest absolute Gasteiger partial charge is 1.00 e. The lowest BCUT2D eigenvalue weighted by Crippen LogP contribution is -3.00. The highest BCUT2D eigenvalue weighted by atomic mass is 79.9. The van der Waals surface area contributed by atoms with E-state index in [-0.39, 0.29) is 23.0 Å². The first-order chi connectivity index (χ1) is 18.2. The van der Waals surface area contributed by atoms with Gasteiger partial charge in [-0.15, -0.1) is 0 Å². The Morgan fingerprint density at radius 1 is 0.816 bits per heavy atom. The van der Waals surface area contributed by atoms with E-state index in [1.165, 1.54) is 70.6 Å². The molecule has 5 nitrogen and oxygen atoms in total. The van der Waals surface area contributed by atoms with Gasteiger partial charge in [0.05, 0.1) is 12.0 Å². The van der Waals surface area contributed by atoms with E-state index in [4.69, 9.17) is 4.74 Å². The highest BCUT2D eigenvalue weighted by Gasteiger charge is 2.07. The number of carbonyl (C=O) groups is 1. The molecule has 0 spiro atoms. The molecule has 38 heavy (non-hydrogen) atoms. The second kappa shape index (κ2) is 19.7. The number of unbranched alkanes of at least 4 members (excludes halogenated alkanes) is 11. The van der Waals surface area contributed by atoms with Crippen LogP contribution in [-0.2, 0) is 6.54 Å². The van der Waals surface area contributed by atoms with E-state index in [0.29, 0.717) is 6.61 Å². The van der Waals surface area contributed by atoms with E-state index in [9.17, 15) is 4.79 Å². The molecule has 0 fully saturated rings. The molecule has 1 aromatic heterocycles. The van der Waals surface area contributed by atoms with Crippen LogP contribution in [0.5, 0.6) is 5.75 Å². The topological polar surface area (TPSA) is 54.2 Å². The molecule has 7 heteroatoms. The van der Waals surface area contributed by atoms with Gasteiger partial charge in [-0.05, 0) is 30.7 Å². The number of thiazole rings is 1. The third-order valence-electron chi connectivity index (χ3n) is 6.44. The van der Waals surface area contributed by atoms with Gasteiger partial charge in [0.2, 0.25) is 5.51 Å². The van der Waals surface area contributed by atoms with Crippen molar-refractivity contribution in [3.8, 4) is 5.75 Å². The smallest absolute Gasteiger partial charge is 0.323 e. The molecule has 0 aliphatic heterocycles. The number of nitrogens with zero attached hydrogens (tertiary/aromatic N) is 1. The fourth-order valence-corrected chi connectivity index (χ4v) is 5.00. The van der Waals surface area contributed by atoms with Crippen molar-refractivity contribution in [1.82, 2.24) is 0 Å². The number of ether oxygens (including phenoxy) is 1. The summed E-state index contributed by atoms with van der Waals surface area (Å²) < 4.78 is 8.05. The molecule has 0 radical (unpaired) electrons. The van der Waals surface area contributed by atoms with Crippen molar-refractivity contribution in [1.29, 1.82) is 0 Å². The van der Waals surface area contributed by atoms with E-state index in [0.717, 1.165) is 35.7 Å². The number of aromatic nitrogens is 1. The number of hydrogen-bond acceptors (Lipinski definition) is 3. The summed E-state index contributed by atoms with van der Waals surface area (Å²) in [6.45, 7) is 3.76. The quantitative estimate of drug-likeness (QED) is 0.143. The molecule has 0 aliphatic carbocycles. The van der Waals surface area contributed by atoms with E-state index in [1.807, 2.05) is 54.0 Å². The van der Waals surface area contributed by atoms with Crippen molar-refractivity contribution in [3.63, 3.8) is 0 Å². The maximum Gasteiger partial charge on any atom is 0.323 e. The van der Waals surface area contributed by atoms with Crippen molar-refractivity contribution in [2.24, 2.45) is 0 Å². The molecule has 0 saturated carbocycles. The highest BCUT2D eigenvalue weighted by molar-refractivity contribution is 7.07. The minimum absolute atomic E-state index is 0. The van der Waals surface area contributed by atoms with Gasteiger partial charge in [0, 0.05) is 23.0 Å². The normalized spacial score (nSPS) is 10.6. The van der Waals surface area contributed by atoms with Crippen molar-refractivity contribution in [2.75, 3.05) is 17.2 Å². The Hall–Kier alpha value is -2.38. The van der Waals surface area contributed by atoms with Crippen LogP contribution in [0.25, 0.3) is 0 Å². The zero-order valence-corrected chi connectivity index (χ0v) is 25.2. The molecule has 0 unspecified atom stereocenters. The molecule has 208 valence electrons. The van der Waals surface area contributed by atoms with Gasteiger partial charge in [-0.1, -0.05) is 107 Å². The van der Waals surface area contributed by atoms with E-state index < -0.39 is 0 Å². The van der Waals surface area contributed by atoms with Crippen LogP contribution in [0, 0.1) is 0 Å². The summed E-state index contributed by atoms with van der Waals surface area (Å²) in [5.74, 6) is 0.788. The van der Waals surface area contributed by atoms with Crippen molar-refractivity contribution < 1.29 is 31.1 Å². The molecule has 0 bridgehead atoms. The van der Waals surface area contributed by atoms with E-state index in [1.54, 1.807) is 11.3 Å². The highest BCUT2D eigenvalue weighted by Crippen LogP contribution is 2.19. The minimum Gasteiger partial charge on any atom is -1.00 e. The molecular weight excluding hydrogens is 558 g/mol.